The molecular formula is C17H24N2O4. The van der Waals surface area contributed by atoms with Crippen LogP contribution < -0.4 is 10.1 Å². The van der Waals surface area contributed by atoms with Gasteiger partial charge in [0.1, 0.15) is 11.8 Å². The van der Waals surface area contributed by atoms with Crippen LogP contribution in [0.15, 0.2) is 24.3 Å². The molecule has 126 valence electrons. The molecule has 2 rings (SSSR count). The number of aliphatic hydroxyl groups is 1. The summed E-state index contributed by atoms with van der Waals surface area (Å²) in [6.07, 6.45) is 4.16. The van der Waals surface area contributed by atoms with Crippen LogP contribution in [0, 0.1) is 0 Å². The monoisotopic (exact) mass is 320 g/mol. The van der Waals surface area contributed by atoms with Crippen molar-refractivity contribution in [3.8, 4) is 5.75 Å². The molecule has 1 aliphatic rings. The second-order valence-electron chi connectivity index (χ2n) is 5.68. The predicted octanol–water partition coefficient (Wildman–Crippen LogP) is 1.19. The number of carbonyl (C=O) groups is 2. The summed E-state index contributed by atoms with van der Waals surface area (Å²) in [4.78, 5) is 26.5. The highest BCUT2D eigenvalue weighted by Crippen LogP contribution is 2.13. The van der Waals surface area contributed by atoms with Gasteiger partial charge in [-0.15, -0.1) is 0 Å². The third-order valence-corrected chi connectivity index (χ3v) is 4.04. The standard InChI is InChI=1S/C17H24N2O4/c1-23-14-8-6-7-13(11-14)16(21)18-15(12-20)17(22)19-9-4-2-3-5-10-19/h6-8,11,15,20H,2-5,9-10,12H2,1H3,(H,18,21). The van der Waals surface area contributed by atoms with Gasteiger partial charge in [-0.2, -0.15) is 0 Å². The van der Waals surface area contributed by atoms with Crippen molar-refractivity contribution in [1.82, 2.24) is 10.2 Å². The van der Waals surface area contributed by atoms with E-state index in [0.29, 0.717) is 24.4 Å². The van der Waals surface area contributed by atoms with Crippen LogP contribution in [0.25, 0.3) is 0 Å². The van der Waals surface area contributed by atoms with Crippen LogP contribution in [0.5, 0.6) is 5.75 Å². The summed E-state index contributed by atoms with van der Waals surface area (Å²) in [5, 5.41) is 12.1. The number of hydrogen-bond donors (Lipinski definition) is 2. The van der Waals surface area contributed by atoms with Crippen LogP contribution in [0.4, 0.5) is 0 Å². The first-order valence-corrected chi connectivity index (χ1v) is 8.00. The summed E-state index contributed by atoms with van der Waals surface area (Å²) < 4.78 is 5.09. The predicted molar refractivity (Wildman–Crippen MR) is 86.4 cm³/mol. The number of methoxy groups -OCH3 is 1. The van der Waals surface area contributed by atoms with Gasteiger partial charge in [0, 0.05) is 18.7 Å². The third-order valence-electron chi connectivity index (χ3n) is 4.04. The van der Waals surface area contributed by atoms with Gasteiger partial charge >= 0.3 is 0 Å². The van der Waals surface area contributed by atoms with Gasteiger partial charge in [-0.1, -0.05) is 18.9 Å². The van der Waals surface area contributed by atoms with Gasteiger partial charge in [0.25, 0.3) is 5.91 Å². The normalized spacial score (nSPS) is 16.3. The summed E-state index contributed by atoms with van der Waals surface area (Å²) >= 11 is 0. The zero-order valence-electron chi connectivity index (χ0n) is 13.5. The minimum atomic E-state index is -0.910. The van der Waals surface area contributed by atoms with Crippen molar-refractivity contribution in [2.24, 2.45) is 0 Å². The van der Waals surface area contributed by atoms with E-state index in [9.17, 15) is 14.7 Å². The molecule has 0 radical (unpaired) electrons. The Hall–Kier alpha value is -2.08. The molecule has 1 saturated heterocycles. The molecule has 6 nitrogen and oxygen atoms in total. The number of rotatable bonds is 5. The van der Waals surface area contributed by atoms with E-state index >= 15 is 0 Å². The Morgan fingerprint density at radius 1 is 1.26 bits per heavy atom. The zero-order valence-corrected chi connectivity index (χ0v) is 13.5. The molecule has 1 unspecified atom stereocenters. The fourth-order valence-electron chi connectivity index (χ4n) is 2.70. The first-order chi connectivity index (χ1) is 11.2. The maximum absolute atomic E-state index is 12.5. The van der Waals surface area contributed by atoms with Crippen LogP contribution >= 0.6 is 0 Å². The van der Waals surface area contributed by atoms with Crippen molar-refractivity contribution in [1.29, 1.82) is 0 Å². The molecule has 1 heterocycles. The lowest BCUT2D eigenvalue weighted by molar-refractivity contribution is -0.134. The molecule has 1 aromatic rings. The van der Waals surface area contributed by atoms with E-state index in [-0.39, 0.29) is 5.91 Å². The van der Waals surface area contributed by atoms with Crippen LogP contribution in [-0.2, 0) is 4.79 Å². The highest BCUT2D eigenvalue weighted by molar-refractivity contribution is 5.97. The Kier molecular flexibility index (Phi) is 6.40. The van der Waals surface area contributed by atoms with Crippen LogP contribution in [-0.4, -0.2) is 54.7 Å². The van der Waals surface area contributed by atoms with E-state index in [1.807, 2.05) is 0 Å². The molecule has 0 spiro atoms. The molecule has 1 atom stereocenters. The number of aliphatic hydroxyl groups excluding tert-OH is 1. The van der Waals surface area contributed by atoms with Gasteiger partial charge in [0.05, 0.1) is 13.7 Å². The molecular weight excluding hydrogens is 296 g/mol. The first kappa shape index (κ1) is 17.3. The van der Waals surface area contributed by atoms with Crippen molar-refractivity contribution in [2.75, 3.05) is 26.8 Å². The van der Waals surface area contributed by atoms with Gasteiger partial charge in [0.2, 0.25) is 5.91 Å². The molecule has 1 aliphatic heterocycles. The second kappa shape index (κ2) is 8.53. The number of nitrogens with zero attached hydrogens (tertiary/aromatic N) is 1. The lowest BCUT2D eigenvalue weighted by Gasteiger charge is -2.25. The van der Waals surface area contributed by atoms with Crippen molar-refractivity contribution in [2.45, 2.75) is 31.7 Å². The Bertz CT molecular complexity index is 539. The Balaban J connectivity index is 2.02. The van der Waals surface area contributed by atoms with Gasteiger partial charge < -0.3 is 20.1 Å². The van der Waals surface area contributed by atoms with E-state index in [0.717, 1.165) is 25.7 Å². The van der Waals surface area contributed by atoms with Crippen LogP contribution in [0.3, 0.4) is 0 Å². The van der Waals surface area contributed by atoms with E-state index in [4.69, 9.17) is 4.74 Å². The largest absolute Gasteiger partial charge is 0.497 e. The number of benzene rings is 1. The summed E-state index contributed by atoms with van der Waals surface area (Å²) in [5.74, 6) is -0.0474. The maximum Gasteiger partial charge on any atom is 0.252 e. The Labute approximate surface area is 136 Å². The van der Waals surface area contributed by atoms with Gasteiger partial charge in [-0.3, -0.25) is 9.59 Å². The van der Waals surface area contributed by atoms with Crippen molar-refractivity contribution < 1.29 is 19.4 Å². The fraction of sp³-hybridized carbons (Fsp3) is 0.529. The lowest BCUT2D eigenvalue weighted by atomic mass is 10.1. The van der Waals surface area contributed by atoms with Gasteiger partial charge in [-0.05, 0) is 31.0 Å². The minimum Gasteiger partial charge on any atom is -0.497 e. The number of ether oxygens (including phenoxy) is 1. The molecule has 2 N–H and O–H groups in total. The summed E-state index contributed by atoms with van der Waals surface area (Å²) in [6, 6.07) is 5.77. The molecule has 1 aromatic carbocycles. The van der Waals surface area contributed by atoms with Crippen LogP contribution in [0.2, 0.25) is 0 Å². The molecule has 6 heteroatoms. The topological polar surface area (TPSA) is 78.9 Å². The number of hydrogen-bond acceptors (Lipinski definition) is 4. The molecule has 2 amide bonds. The Morgan fingerprint density at radius 3 is 2.57 bits per heavy atom. The van der Waals surface area contributed by atoms with E-state index in [1.165, 1.54) is 7.11 Å². The van der Waals surface area contributed by atoms with Crippen molar-refractivity contribution >= 4 is 11.8 Å². The van der Waals surface area contributed by atoms with Crippen LogP contribution in [0.1, 0.15) is 36.0 Å². The van der Waals surface area contributed by atoms with Gasteiger partial charge in [-0.25, -0.2) is 0 Å². The maximum atomic E-state index is 12.5. The fourth-order valence-corrected chi connectivity index (χ4v) is 2.70. The van der Waals surface area contributed by atoms with E-state index < -0.39 is 18.6 Å². The zero-order chi connectivity index (χ0) is 16.7. The minimum absolute atomic E-state index is 0.217. The summed E-state index contributed by atoms with van der Waals surface area (Å²) in [7, 11) is 1.52. The quantitative estimate of drug-likeness (QED) is 0.854. The molecule has 0 bridgehead atoms. The highest BCUT2D eigenvalue weighted by Gasteiger charge is 2.26. The first-order valence-electron chi connectivity index (χ1n) is 8.00. The van der Waals surface area contributed by atoms with E-state index in [1.54, 1.807) is 29.2 Å². The summed E-state index contributed by atoms with van der Waals surface area (Å²) in [6.45, 7) is 0.958. The highest BCUT2D eigenvalue weighted by atomic mass is 16.5. The van der Waals surface area contributed by atoms with Crippen molar-refractivity contribution in [3.63, 3.8) is 0 Å². The second-order valence-corrected chi connectivity index (χ2v) is 5.68. The number of likely N-dealkylation sites (tertiary alicyclic amines) is 1. The van der Waals surface area contributed by atoms with Crippen molar-refractivity contribution in [3.05, 3.63) is 29.8 Å². The molecule has 0 aliphatic carbocycles. The molecule has 1 fully saturated rings. The number of nitrogens with one attached hydrogen (secondary N) is 1. The van der Waals surface area contributed by atoms with E-state index in [2.05, 4.69) is 5.32 Å². The summed E-state index contributed by atoms with van der Waals surface area (Å²) in [5.41, 5.74) is 0.395. The number of amides is 2. The smallest absolute Gasteiger partial charge is 0.252 e. The average molecular weight is 320 g/mol. The SMILES string of the molecule is COc1cccc(C(=O)NC(CO)C(=O)N2CCCCCC2)c1. The number of carbonyl (C=O) groups excluding carboxylic acids is 2. The Morgan fingerprint density at radius 2 is 1.96 bits per heavy atom. The molecule has 0 aromatic heterocycles. The lowest BCUT2D eigenvalue weighted by Crippen LogP contribution is -2.50. The molecule has 0 saturated carbocycles. The van der Waals surface area contributed by atoms with Gasteiger partial charge in [0.15, 0.2) is 0 Å². The third kappa shape index (κ3) is 4.69. The average Bonchev–Trinajstić information content (AvgIpc) is 2.88. The molecule has 23 heavy (non-hydrogen) atoms.